The lowest BCUT2D eigenvalue weighted by Crippen LogP contribution is -2.43. The number of carbonyl (C=O) groups is 2. The van der Waals surface area contributed by atoms with Gasteiger partial charge in [-0.2, -0.15) is 18.3 Å². The normalized spacial score (nSPS) is 21.9. The van der Waals surface area contributed by atoms with E-state index in [0.717, 1.165) is 17.0 Å². The lowest BCUT2D eigenvalue weighted by Gasteiger charge is -2.19. The summed E-state index contributed by atoms with van der Waals surface area (Å²) in [5.41, 5.74) is -1.63. The molecule has 3 atom stereocenters. The first-order valence-corrected chi connectivity index (χ1v) is 12.4. The Balaban J connectivity index is 1.33. The fourth-order valence-electron chi connectivity index (χ4n) is 4.56. The predicted octanol–water partition coefficient (Wildman–Crippen LogP) is 3.50. The third kappa shape index (κ3) is 5.28. The van der Waals surface area contributed by atoms with Gasteiger partial charge in [-0.15, -0.1) is 0 Å². The zero-order chi connectivity index (χ0) is 29.0. The minimum Gasteiger partial charge on any atom is -0.378 e. The van der Waals surface area contributed by atoms with Crippen LogP contribution in [-0.4, -0.2) is 69.4 Å². The molecule has 16 heteroatoms. The van der Waals surface area contributed by atoms with Crippen molar-refractivity contribution in [1.29, 1.82) is 0 Å². The first-order valence-electron chi connectivity index (χ1n) is 12.0. The van der Waals surface area contributed by atoms with E-state index >= 15 is 0 Å². The quantitative estimate of drug-likeness (QED) is 0.365. The molecule has 1 saturated carbocycles. The van der Waals surface area contributed by atoms with Crippen LogP contribution in [0.1, 0.15) is 39.1 Å². The number of benzene rings is 1. The largest absolute Gasteiger partial charge is 0.435 e. The highest BCUT2D eigenvalue weighted by atomic mass is 35.5. The molecule has 1 aliphatic carbocycles. The molecule has 0 bridgehead atoms. The molecule has 2 fully saturated rings. The van der Waals surface area contributed by atoms with Crippen molar-refractivity contribution in [2.24, 2.45) is 7.05 Å². The maximum absolute atomic E-state index is 13.7. The Morgan fingerprint density at radius 3 is 2.58 bits per heavy atom. The van der Waals surface area contributed by atoms with Crippen molar-refractivity contribution >= 4 is 29.1 Å². The van der Waals surface area contributed by atoms with Crippen LogP contribution in [0.15, 0.2) is 30.6 Å². The number of hydrogen-bond acceptors (Lipinski definition) is 6. The first kappa shape index (κ1) is 28.0. The number of methoxy groups -OCH3 is 1. The van der Waals surface area contributed by atoms with E-state index < -0.39 is 47.6 Å². The average molecular weight is 588 g/mol. The van der Waals surface area contributed by atoms with Crippen LogP contribution in [0.2, 0.25) is 5.02 Å². The summed E-state index contributed by atoms with van der Waals surface area (Å²) in [6.07, 6.45) is -3.82. The molecule has 10 nitrogen and oxygen atoms in total. The highest BCUT2D eigenvalue weighted by molar-refractivity contribution is 6.34. The summed E-state index contributed by atoms with van der Waals surface area (Å²) in [5, 5.41) is 11.9. The van der Waals surface area contributed by atoms with Crippen LogP contribution in [0.5, 0.6) is 0 Å². The van der Waals surface area contributed by atoms with Crippen LogP contribution in [0.3, 0.4) is 0 Å². The lowest BCUT2D eigenvalue weighted by atomic mass is 10.1. The molecule has 2 aliphatic rings. The van der Waals surface area contributed by atoms with Gasteiger partial charge >= 0.3 is 6.18 Å². The molecule has 0 spiro atoms. The molecule has 3 N–H and O–H groups in total. The molecule has 5 rings (SSSR count). The maximum Gasteiger partial charge on any atom is 0.435 e. The highest BCUT2D eigenvalue weighted by Crippen LogP contribution is 2.53. The molecule has 3 heterocycles. The Bertz CT molecular complexity index is 1470. The Labute approximate surface area is 228 Å². The molecule has 0 radical (unpaired) electrons. The molecule has 214 valence electrons. The molecule has 1 aromatic carbocycles. The number of imidazole rings is 1. The summed E-state index contributed by atoms with van der Waals surface area (Å²) < 4.78 is 75.0. The topological polar surface area (TPSA) is 115 Å². The molecule has 1 aliphatic heterocycles. The minimum absolute atomic E-state index is 0.0508. The van der Waals surface area contributed by atoms with Crippen molar-refractivity contribution in [1.82, 2.24) is 30.0 Å². The summed E-state index contributed by atoms with van der Waals surface area (Å²) in [5.74, 6) is -4.61. The van der Waals surface area contributed by atoms with Crippen molar-refractivity contribution in [2.45, 2.75) is 36.7 Å². The van der Waals surface area contributed by atoms with Gasteiger partial charge in [0.05, 0.1) is 40.2 Å². The number of anilines is 1. The molecule has 3 unspecified atom stereocenters. The summed E-state index contributed by atoms with van der Waals surface area (Å²) in [6.45, 7) is 1.12. The van der Waals surface area contributed by atoms with Gasteiger partial charge in [-0.1, -0.05) is 11.6 Å². The number of ether oxygens (including phenoxy) is 1. The fourth-order valence-corrected chi connectivity index (χ4v) is 4.83. The van der Waals surface area contributed by atoms with Crippen LogP contribution in [0.25, 0.3) is 11.3 Å². The SMILES string of the molecule is COC1CNCC1NC(=O)c1ccc(NC(=O)c2ncc(-c3cn(C4CC4(F)F)nc3C(F)(F)F)n2C)cc1Cl. The van der Waals surface area contributed by atoms with E-state index in [4.69, 9.17) is 16.3 Å². The Hall–Kier alpha value is -3.56. The third-order valence-corrected chi connectivity index (χ3v) is 7.14. The van der Waals surface area contributed by atoms with Crippen LogP contribution >= 0.6 is 11.6 Å². The summed E-state index contributed by atoms with van der Waals surface area (Å²) in [6, 6.07) is 2.48. The Morgan fingerprint density at radius 2 is 1.95 bits per heavy atom. The second-order valence-corrected chi connectivity index (χ2v) is 9.94. The Morgan fingerprint density at radius 1 is 1.23 bits per heavy atom. The summed E-state index contributed by atoms with van der Waals surface area (Å²) in [7, 11) is 2.86. The summed E-state index contributed by atoms with van der Waals surface area (Å²) in [4.78, 5) is 29.5. The number of carbonyl (C=O) groups excluding carboxylic acids is 2. The van der Waals surface area contributed by atoms with Gasteiger partial charge in [0.2, 0.25) is 0 Å². The van der Waals surface area contributed by atoms with E-state index in [-0.39, 0.29) is 39.9 Å². The molecule has 1 saturated heterocycles. The zero-order valence-corrected chi connectivity index (χ0v) is 21.8. The number of amides is 2. The maximum atomic E-state index is 13.7. The molecular formula is C24H23ClF5N7O3. The van der Waals surface area contributed by atoms with E-state index in [9.17, 15) is 31.5 Å². The van der Waals surface area contributed by atoms with Crippen LogP contribution in [-0.2, 0) is 18.0 Å². The number of nitrogens with one attached hydrogen (secondary N) is 3. The third-order valence-electron chi connectivity index (χ3n) is 6.83. The number of nitrogens with zero attached hydrogens (tertiary/aromatic N) is 4. The lowest BCUT2D eigenvalue weighted by molar-refractivity contribution is -0.141. The smallest absolute Gasteiger partial charge is 0.378 e. The van der Waals surface area contributed by atoms with Gasteiger partial charge in [0, 0.05) is 45.6 Å². The first-order chi connectivity index (χ1) is 18.8. The number of rotatable bonds is 7. The van der Waals surface area contributed by atoms with Gasteiger partial charge in [-0.25, -0.2) is 13.8 Å². The van der Waals surface area contributed by atoms with Crippen molar-refractivity contribution in [3.05, 3.63) is 52.7 Å². The van der Waals surface area contributed by atoms with Crippen molar-refractivity contribution < 1.29 is 36.3 Å². The monoisotopic (exact) mass is 587 g/mol. The molecule has 40 heavy (non-hydrogen) atoms. The Kier molecular flexibility index (Phi) is 7.08. The van der Waals surface area contributed by atoms with Crippen LogP contribution in [0.4, 0.5) is 27.6 Å². The number of aromatic nitrogens is 4. The second-order valence-electron chi connectivity index (χ2n) is 9.54. The van der Waals surface area contributed by atoms with Gasteiger partial charge in [-0.3, -0.25) is 14.3 Å². The fraction of sp³-hybridized carbons (Fsp3) is 0.417. The van der Waals surface area contributed by atoms with Gasteiger partial charge in [0.25, 0.3) is 17.7 Å². The second kappa shape index (κ2) is 10.1. The highest BCUT2D eigenvalue weighted by Gasteiger charge is 2.59. The van der Waals surface area contributed by atoms with E-state index in [1.807, 2.05) is 0 Å². The average Bonchev–Trinajstić information content (AvgIpc) is 3.31. The van der Waals surface area contributed by atoms with E-state index in [0.29, 0.717) is 17.8 Å². The van der Waals surface area contributed by atoms with Crippen molar-refractivity contribution in [2.75, 3.05) is 25.5 Å². The number of alkyl halides is 5. The van der Waals surface area contributed by atoms with Crippen molar-refractivity contribution in [3.8, 4) is 11.3 Å². The van der Waals surface area contributed by atoms with Crippen LogP contribution < -0.4 is 16.0 Å². The van der Waals surface area contributed by atoms with Crippen LogP contribution in [0, 0.1) is 0 Å². The molecule has 3 aromatic rings. The minimum atomic E-state index is -4.93. The molecule has 2 aromatic heterocycles. The number of hydrogen-bond donors (Lipinski definition) is 3. The zero-order valence-electron chi connectivity index (χ0n) is 21.0. The van der Waals surface area contributed by atoms with Gasteiger partial charge in [0.15, 0.2) is 11.5 Å². The van der Waals surface area contributed by atoms with Gasteiger partial charge in [-0.05, 0) is 18.2 Å². The van der Waals surface area contributed by atoms with Crippen molar-refractivity contribution in [3.63, 3.8) is 0 Å². The number of halogens is 6. The van der Waals surface area contributed by atoms with E-state index in [1.54, 1.807) is 7.11 Å². The van der Waals surface area contributed by atoms with Gasteiger partial charge < -0.3 is 25.3 Å². The molecular weight excluding hydrogens is 565 g/mol. The van der Waals surface area contributed by atoms with Gasteiger partial charge in [0.1, 0.15) is 6.04 Å². The standard InChI is InChI=1S/C24H23ClF5N7O3/c1-36-16(13-10-37(18-6-23(18,26)27)35-19(13)24(28,29)30)8-32-20(36)22(39)33-11-3-4-12(14(25)5-11)21(38)34-15-7-31-9-17(15)40-2/h3-5,8,10,15,17-18,31H,6-7,9H2,1-2H3,(H,33,39)(H,34,38). The van der Waals surface area contributed by atoms with E-state index in [1.165, 1.54) is 25.2 Å². The molecule has 2 amide bonds. The van der Waals surface area contributed by atoms with E-state index in [2.05, 4.69) is 26.0 Å². The predicted molar refractivity (Wildman–Crippen MR) is 132 cm³/mol. The summed E-state index contributed by atoms with van der Waals surface area (Å²) >= 11 is 6.29.